The van der Waals surface area contributed by atoms with Crippen LogP contribution in [0.2, 0.25) is 0 Å². The van der Waals surface area contributed by atoms with Crippen molar-refractivity contribution in [1.29, 1.82) is 0 Å². The average molecular weight is 320 g/mol. The van der Waals surface area contributed by atoms with E-state index in [4.69, 9.17) is 5.53 Å². The minimum Gasteiger partial charge on any atom is -0.347 e. The zero-order chi connectivity index (χ0) is 16.7. The first-order valence-electron chi connectivity index (χ1n) is 9.01. The lowest BCUT2D eigenvalue weighted by molar-refractivity contribution is 0.353. The van der Waals surface area contributed by atoms with Gasteiger partial charge in [0, 0.05) is 28.6 Å². The quantitative estimate of drug-likeness (QED) is 0.394. The Balaban J connectivity index is 1.87. The van der Waals surface area contributed by atoms with Gasteiger partial charge >= 0.3 is 0 Å². The molecule has 2 aromatic rings. The van der Waals surface area contributed by atoms with Crippen LogP contribution in [0, 0.1) is 6.92 Å². The molecule has 0 amide bonds. The molecule has 1 atom stereocenters. The van der Waals surface area contributed by atoms with Crippen molar-refractivity contribution in [2.24, 2.45) is 5.11 Å². The third-order valence-corrected chi connectivity index (χ3v) is 5.84. The molecule has 1 spiro atoms. The van der Waals surface area contributed by atoms with Crippen LogP contribution in [-0.4, -0.2) is 10.6 Å². The molecule has 1 aromatic carbocycles. The van der Waals surface area contributed by atoms with E-state index in [-0.39, 0.29) is 11.5 Å². The van der Waals surface area contributed by atoms with Crippen LogP contribution in [0.25, 0.3) is 21.7 Å². The number of hydrogen-bond acceptors (Lipinski definition) is 1. The van der Waals surface area contributed by atoms with Gasteiger partial charge in [-0.2, -0.15) is 0 Å². The third-order valence-electron chi connectivity index (χ3n) is 5.84. The number of aromatic nitrogens is 1. The van der Waals surface area contributed by atoms with Crippen LogP contribution >= 0.6 is 0 Å². The summed E-state index contributed by atoms with van der Waals surface area (Å²) < 4.78 is 2.30. The molecule has 4 nitrogen and oxygen atoms in total. The lowest BCUT2D eigenvalue weighted by Crippen LogP contribution is -2.27. The van der Waals surface area contributed by atoms with E-state index >= 15 is 0 Å². The number of aryl methyl sites for hydroxylation is 1. The summed E-state index contributed by atoms with van der Waals surface area (Å²) in [4.78, 5) is 2.96. The van der Waals surface area contributed by atoms with Gasteiger partial charge in [0.25, 0.3) is 0 Å². The zero-order valence-corrected chi connectivity index (χ0v) is 14.5. The van der Waals surface area contributed by atoms with Crippen molar-refractivity contribution in [3.05, 3.63) is 57.6 Å². The van der Waals surface area contributed by atoms with Crippen LogP contribution in [0.5, 0.6) is 0 Å². The first-order valence-corrected chi connectivity index (χ1v) is 9.01. The van der Waals surface area contributed by atoms with Gasteiger partial charge in [-0.25, -0.2) is 0 Å². The van der Waals surface area contributed by atoms with Crippen molar-refractivity contribution in [2.75, 3.05) is 0 Å². The molecule has 0 saturated heterocycles. The van der Waals surface area contributed by atoms with Crippen molar-refractivity contribution < 1.29 is 0 Å². The molecule has 1 heterocycles. The van der Waals surface area contributed by atoms with Gasteiger partial charge in [-0.1, -0.05) is 49.0 Å². The highest BCUT2D eigenvalue weighted by Crippen LogP contribution is 2.56. The first-order chi connectivity index (χ1) is 11.7. The maximum atomic E-state index is 8.70. The van der Waals surface area contributed by atoms with Crippen LogP contribution in [0.4, 0.5) is 0 Å². The lowest BCUT2D eigenvalue weighted by atomic mass is 9.68. The standard InChI is InChI=1S/C20H24N4/c1-14-6-7-17-16(12-14)19-18(20(17)9-4-3-5-10-20)8-11-24(19)13-15(2)22-23-21/h6-8,11-12,15H,3-5,9-10,13H2,1-2H3/t15-/m0/s1. The molecular weight excluding hydrogens is 296 g/mol. The highest BCUT2D eigenvalue weighted by atomic mass is 15.2. The van der Waals surface area contributed by atoms with Crippen molar-refractivity contribution in [3.8, 4) is 11.3 Å². The Morgan fingerprint density at radius 3 is 2.75 bits per heavy atom. The maximum Gasteiger partial charge on any atom is 0.0525 e. The van der Waals surface area contributed by atoms with Gasteiger partial charge < -0.3 is 4.57 Å². The molecular formula is C20H24N4. The largest absolute Gasteiger partial charge is 0.347 e. The van der Waals surface area contributed by atoms with Gasteiger partial charge in [-0.15, -0.1) is 0 Å². The molecule has 4 heteroatoms. The molecule has 2 aliphatic carbocycles. The van der Waals surface area contributed by atoms with Gasteiger partial charge in [0.15, 0.2) is 0 Å². The zero-order valence-electron chi connectivity index (χ0n) is 14.5. The molecule has 0 bridgehead atoms. The van der Waals surface area contributed by atoms with Crippen molar-refractivity contribution in [3.63, 3.8) is 0 Å². The second kappa shape index (κ2) is 5.71. The SMILES string of the molecule is Cc1ccc2c(c1)-c1c(ccn1C[C@H](C)N=[N+]=[N-])C21CCCCC1. The Morgan fingerprint density at radius 1 is 1.21 bits per heavy atom. The Labute approximate surface area is 143 Å². The van der Waals surface area contributed by atoms with Crippen molar-refractivity contribution >= 4 is 0 Å². The fourth-order valence-corrected chi connectivity index (χ4v) is 4.83. The molecule has 1 fully saturated rings. The Hall–Kier alpha value is -2.19. The van der Waals surface area contributed by atoms with Crippen LogP contribution in [0.3, 0.4) is 0 Å². The van der Waals surface area contributed by atoms with Crippen LogP contribution < -0.4 is 0 Å². The highest BCUT2D eigenvalue weighted by molar-refractivity contribution is 5.79. The Bertz CT molecular complexity index is 820. The summed E-state index contributed by atoms with van der Waals surface area (Å²) in [6.07, 6.45) is 8.68. The fraction of sp³-hybridized carbons (Fsp3) is 0.500. The lowest BCUT2D eigenvalue weighted by Gasteiger charge is -2.35. The van der Waals surface area contributed by atoms with E-state index in [0.717, 1.165) is 6.54 Å². The fourth-order valence-electron chi connectivity index (χ4n) is 4.83. The van der Waals surface area contributed by atoms with E-state index in [1.165, 1.54) is 60.1 Å². The van der Waals surface area contributed by atoms with Crippen molar-refractivity contribution in [2.45, 2.75) is 64.0 Å². The Kier molecular flexibility index (Phi) is 3.65. The smallest absolute Gasteiger partial charge is 0.0525 e. The van der Waals surface area contributed by atoms with E-state index in [1.54, 1.807) is 0 Å². The van der Waals surface area contributed by atoms with Gasteiger partial charge in [-0.3, -0.25) is 0 Å². The topological polar surface area (TPSA) is 53.7 Å². The normalized spacial score (nSPS) is 18.8. The van der Waals surface area contributed by atoms with Crippen molar-refractivity contribution in [1.82, 2.24) is 4.57 Å². The van der Waals surface area contributed by atoms with E-state index < -0.39 is 0 Å². The minimum atomic E-state index is -0.0392. The molecule has 4 rings (SSSR count). The molecule has 24 heavy (non-hydrogen) atoms. The molecule has 0 radical (unpaired) electrons. The molecule has 1 aromatic heterocycles. The van der Waals surface area contributed by atoms with Gasteiger partial charge in [0.1, 0.15) is 0 Å². The summed E-state index contributed by atoms with van der Waals surface area (Å²) in [6, 6.07) is 9.23. The predicted octanol–water partition coefficient (Wildman–Crippen LogP) is 5.73. The molecule has 0 unspecified atom stereocenters. The molecule has 0 N–H and O–H groups in total. The summed E-state index contributed by atoms with van der Waals surface area (Å²) in [7, 11) is 0. The van der Waals surface area contributed by atoms with E-state index in [9.17, 15) is 0 Å². The summed E-state index contributed by atoms with van der Waals surface area (Å²) in [5.41, 5.74) is 16.0. The Morgan fingerprint density at radius 2 is 2.00 bits per heavy atom. The summed E-state index contributed by atoms with van der Waals surface area (Å²) >= 11 is 0. The average Bonchev–Trinajstić information content (AvgIpc) is 3.08. The molecule has 1 saturated carbocycles. The van der Waals surface area contributed by atoms with Gasteiger partial charge in [0.2, 0.25) is 0 Å². The third kappa shape index (κ3) is 2.17. The summed E-state index contributed by atoms with van der Waals surface area (Å²) in [5.74, 6) is 0. The summed E-state index contributed by atoms with van der Waals surface area (Å²) in [5, 5.41) is 3.86. The predicted molar refractivity (Wildman–Crippen MR) is 97.1 cm³/mol. The number of fused-ring (bicyclic) bond motifs is 5. The van der Waals surface area contributed by atoms with Crippen LogP contribution in [0.1, 0.15) is 55.7 Å². The van der Waals surface area contributed by atoms with E-state index in [0.29, 0.717) is 0 Å². The van der Waals surface area contributed by atoms with Crippen LogP contribution in [-0.2, 0) is 12.0 Å². The number of azide groups is 1. The maximum absolute atomic E-state index is 8.70. The van der Waals surface area contributed by atoms with Crippen LogP contribution in [0.15, 0.2) is 35.6 Å². The molecule has 2 aliphatic rings. The molecule has 124 valence electrons. The number of benzene rings is 1. The van der Waals surface area contributed by atoms with E-state index in [1.807, 2.05) is 6.92 Å². The first kappa shape index (κ1) is 15.3. The number of nitrogens with zero attached hydrogens (tertiary/aromatic N) is 4. The second-order valence-corrected chi connectivity index (χ2v) is 7.48. The second-order valence-electron chi connectivity index (χ2n) is 7.48. The van der Waals surface area contributed by atoms with Gasteiger partial charge in [0.05, 0.1) is 11.7 Å². The number of hydrogen-bond donors (Lipinski definition) is 0. The van der Waals surface area contributed by atoms with Gasteiger partial charge in [-0.05, 0) is 48.6 Å². The number of rotatable bonds is 3. The molecule has 0 aliphatic heterocycles. The summed E-state index contributed by atoms with van der Waals surface area (Å²) in [6.45, 7) is 4.89. The monoisotopic (exact) mass is 320 g/mol. The highest BCUT2D eigenvalue weighted by Gasteiger charge is 2.45. The minimum absolute atomic E-state index is 0.0392. The van der Waals surface area contributed by atoms with E-state index in [2.05, 4.69) is 52.0 Å².